The molecule has 14 heavy (non-hydrogen) atoms. The molecule has 0 rings (SSSR count). The zero-order chi connectivity index (χ0) is 10.6. The van der Waals surface area contributed by atoms with E-state index in [0.717, 1.165) is 31.1 Å². The average Bonchev–Trinajstić information content (AvgIpc) is 2.22. The van der Waals surface area contributed by atoms with Crippen LogP contribution in [0.5, 0.6) is 0 Å². The molecule has 0 unspecified atom stereocenters. The summed E-state index contributed by atoms with van der Waals surface area (Å²) < 4.78 is 0. The molecule has 0 aliphatic carbocycles. The maximum atomic E-state index is 10.5. The molecule has 0 aromatic heterocycles. The summed E-state index contributed by atoms with van der Waals surface area (Å²) in [5.41, 5.74) is 0.941. The van der Waals surface area contributed by atoms with Gasteiger partial charge in [-0.1, -0.05) is 31.4 Å². The number of allylic oxidation sites excluding steroid dienone is 3. The van der Waals surface area contributed by atoms with Gasteiger partial charge in [0.25, 0.3) is 0 Å². The van der Waals surface area contributed by atoms with Crippen LogP contribution in [-0.2, 0) is 4.79 Å². The highest BCUT2D eigenvalue weighted by Crippen LogP contribution is 2.10. The number of hydrogen-bond acceptors (Lipinski definition) is 1. The molecular formula is C13H22O. The maximum absolute atomic E-state index is 10.5. The van der Waals surface area contributed by atoms with Gasteiger partial charge >= 0.3 is 0 Å². The lowest BCUT2D eigenvalue weighted by Crippen LogP contribution is -1.85. The van der Waals surface area contributed by atoms with Gasteiger partial charge in [-0.15, -0.1) is 6.58 Å². The Morgan fingerprint density at radius 3 is 2.36 bits per heavy atom. The molecule has 0 spiro atoms. The van der Waals surface area contributed by atoms with Gasteiger partial charge in [-0.2, -0.15) is 0 Å². The predicted octanol–water partition coefficient (Wildman–Crippen LogP) is 4.05. The molecule has 0 fully saturated rings. The van der Waals surface area contributed by atoms with Gasteiger partial charge in [0.15, 0.2) is 0 Å². The van der Waals surface area contributed by atoms with Gasteiger partial charge in [0.05, 0.1) is 0 Å². The minimum absolute atomic E-state index is 0.941. The number of rotatable bonds is 9. The zero-order valence-corrected chi connectivity index (χ0v) is 9.30. The third-order valence-electron chi connectivity index (χ3n) is 2.40. The third-order valence-corrected chi connectivity index (χ3v) is 2.40. The summed E-state index contributed by atoms with van der Waals surface area (Å²) in [7, 11) is 0. The number of hydrogen-bond donors (Lipinski definition) is 0. The Labute approximate surface area is 87.9 Å². The van der Waals surface area contributed by atoms with Crippen molar-refractivity contribution in [2.24, 2.45) is 0 Å². The van der Waals surface area contributed by atoms with Crippen molar-refractivity contribution in [1.82, 2.24) is 0 Å². The zero-order valence-electron chi connectivity index (χ0n) is 9.30. The SMILES string of the molecule is C=CCCCCCCC/C(C=O)=C\C. The summed E-state index contributed by atoms with van der Waals surface area (Å²) in [5.74, 6) is 0. The van der Waals surface area contributed by atoms with Crippen molar-refractivity contribution in [2.75, 3.05) is 0 Å². The highest BCUT2D eigenvalue weighted by molar-refractivity contribution is 5.72. The van der Waals surface area contributed by atoms with Gasteiger partial charge < -0.3 is 0 Å². The molecule has 0 heterocycles. The van der Waals surface area contributed by atoms with Crippen LogP contribution in [0.1, 0.15) is 51.9 Å². The van der Waals surface area contributed by atoms with E-state index >= 15 is 0 Å². The fourth-order valence-corrected chi connectivity index (χ4v) is 1.42. The second kappa shape index (κ2) is 10.2. The first-order chi connectivity index (χ1) is 6.85. The maximum Gasteiger partial charge on any atom is 0.145 e. The van der Waals surface area contributed by atoms with E-state index in [-0.39, 0.29) is 0 Å². The Hall–Kier alpha value is -0.850. The molecular weight excluding hydrogens is 172 g/mol. The first-order valence-corrected chi connectivity index (χ1v) is 5.56. The van der Waals surface area contributed by atoms with Gasteiger partial charge in [0.1, 0.15) is 6.29 Å². The van der Waals surface area contributed by atoms with Crippen molar-refractivity contribution in [3.63, 3.8) is 0 Å². The van der Waals surface area contributed by atoms with Gasteiger partial charge in [-0.05, 0) is 38.2 Å². The van der Waals surface area contributed by atoms with Crippen LogP contribution in [0.15, 0.2) is 24.3 Å². The van der Waals surface area contributed by atoms with Crippen LogP contribution in [0.4, 0.5) is 0 Å². The highest BCUT2D eigenvalue weighted by atomic mass is 16.1. The van der Waals surface area contributed by atoms with E-state index in [2.05, 4.69) is 6.58 Å². The first kappa shape index (κ1) is 13.2. The minimum atomic E-state index is 0.941. The van der Waals surface area contributed by atoms with Crippen LogP contribution >= 0.6 is 0 Å². The Bertz CT molecular complexity index is 180. The topological polar surface area (TPSA) is 17.1 Å². The Balaban J connectivity index is 3.20. The second-order valence-electron chi connectivity index (χ2n) is 3.58. The fraction of sp³-hybridized carbons (Fsp3) is 0.615. The van der Waals surface area contributed by atoms with Gasteiger partial charge in [0.2, 0.25) is 0 Å². The molecule has 0 aliphatic rings. The summed E-state index contributed by atoms with van der Waals surface area (Å²) in [6.45, 7) is 5.62. The lowest BCUT2D eigenvalue weighted by atomic mass is 10.1. The highest BCUT2D eigenvalue weighted by Gasteiger charge is 1.94. The summed E-state index contributed by atoms with van der Waals surface area (Å²) in [4.78, 5) is 10.5. The first-order valence-electron chi connectivity index (χ1n) is 5.56. The predicted molar refractivity (Wildman–Crippen MR) is 62.3 cm³/mol. The van der Waals surface area contributed by atoms with Crippen LogP contribution < -0.4 is 0 Å². The van der Waals surface area contributed by atoms with E-state index in [4.69, 9.17) is 0 Å². The summed E-state index contributed by atoms with van der Waals surface area (Å²) in [6.07, 6.45) is 13.1. The van der Waals surface area contributed by atoms with Crippen molar-refractivity contribution >= 4 is 6.29 Å². The lowest BCUT2D eigenvalue weighted by molar-refractivity contribution is -0.105. The Morgan fingerprint density at radius 1 is 1.14 bits per heavy atom. The third kappa shape index (κ3) is 7.78. The molecule has 0 radical (unpaired) electrons. The van der Waals surface area contributed by atoms with Crippen molar-refractivity contribution in [1.29, 1.82) is 0 Å². The number of carbonyl (C=O) groups is 1. The molecule has 0 atom stereocenters. The summed E-state index contributed by atoms with van der Waals surface area (Å²) >= 11 is 0. The van der Waals surface area contributed by atoms with Gasteiger partial charge in [0, 0.05) is 0 Å². The minimum Gasteiger partial charge on any atom is -0.298 e. The van der Waals surface area contributed by atoms with Crippen LogP contribution in [0, 0.1) is 0 Å². The van der Waals surface area contributed by atoms with E-state index in [1.807, 2.05) is 19.1 Å². The molecule has 0 N–H and O–H groups in total. The number of aldehydes is 1. The second-order valence-corrected chi connectivity index (χ2v) is 3.58. The van der Waals surface area contributed by atoms with Crippen molar-refractivity contribution in [3.05, 3.63) is 24.3 Å². The normalized spacial score (nSPS) is 11.4. The monoisotopic (exact) mass is 194 g/mol. The molecule has 0 amide bonds. The van der Waals surface area contributed by atoms with E-state index < -0.39 is 0 Å². The van der Waals surface area contributed by atoms with Crippen LogP contribution in [0.2, 0.25) is 0 Å². The van der Waals surface area contributed by atoms with Crippen molar-refractivity contribution in [2.45, 2.75) is 51.9 Å². The summed E-state index contributed by atoms with van der Waals surface area (Å²) in [5, 5.41) is 0. The molecule has 0 saturated heterocycles. The van der Waals surface area contributed by atoms with Crippen LogP contribution in [0.25, 0.3) is 0 Å². The van der Waals surface area contributed by atoms with Gasteiger partial charge in [-0.3, -0.25) is 4.79 Å². The standard InChI is InChI=1S/C13H22O/c1-3-5-6-7-8-9-10-11-13(4-2)12-14/h3-4,12H,1,5-11H2,2H3/b13-4+. The smallest absolute Gasteiger partial charge is 0.145 e. The van der Waals surface area contributed by atoms with Crippen molar-refractivity contribution < 1.29 is 4.79 Å². The molecule has 0 aliphatic heterocycles. The number of carbonyl (C=O) groups excluding carboxylic acids is 1. The lowest BCUT2D eigenvalue weighted by Gasteiger charge is -2.00. The van der Waals surface area contributed by atoms with Crippen LogP contribution in [-0.4, -0.2) is 6.29 Å². The molecule has 0 aromatic rings. The quantitative estimate of drug-likeness (QED) is 0.234. The average molecular weight is 194 g/mol. The van der Waals surface area contributed by atoms with Crippen LogP contribution in [0.3, 0.4) is 0 Å². The fourth-order valence-electron chi connectivity index (χ4n) is 1.42. The largest absolute Gasteiger partial charge is 0.298 e. The molecule has 0 bridgehead atoms. The van der Waals surface area contributed by atoms with E-state index in [9.17, 15) is 4.79 Å². The van der Waals surface area contributed by atoms with Crippen molar-refractivity contribution in [3.8, 4) is 0 Å². The summed E-state index contributed by atoms with van der Waals surface area (Å²) in [6, 6.07) is 0. The van der Waals surface area contributed by atoms with E-state index in [1.54, 1.807) is 0 Å². The molecule has 80 valence electrons. The Morgan fingerprint density at radius 2 is 1.79 bits per heavy atom. The molecule has 0 aromatic carbocycles. The molecule has 1 nitrogen and oxygen atoms in total. The van der Waals surface area contributed by atoms with E-state index in [1.165, 1.54) is 25.7 Å². The number of unbranched alkanes of at least 4 members (excludes halogenated alkanes) is 5. The molecule has 1 heteroatoms. The van der Waals surface area contributed by atoms with E-state index in [0.29, 0.717) is 0 Å². The Kier molecular flexibility index (Phi) is 9.61. The molecule has 0 saturated carbocycles. The van der Waals surface area contributed by atoms with Gasteiger partial charge in [-0.25, -0.2) is 0 Å².